The van der Waals surface area contributed by atoms with Gasteiger partial charge in [0.05, 0.1) is 6.10 Å². The molecule has 1 aromatic heterocycles. The average Bonchev–Trinajstić information content (AvgIpc) is 2.76. The molecule has 0 saturated carbocycles. The summed E-state index contributed by atoms with van der Waals surface area (Å²) in [5.74, 6) is 0.0848. The Hall–Kier alpha value is -2.14. The maximum atomic E-state index is 11.4. The third-order valence-corrected chi connectivity index (χ3v) is 2.26. The van der Waals surface area contributed by atoms with Crippen LogP contribution in [-0.4, -0.2) is 28.6 Å². The summed E-state index contributed by atoms with van der Waals surface area (Å²) in [6.45, 7) is 1.82. The number of aliphatic hydroxyl groups excluding tert-OH is 1. The molecule has 94 valence electrons. The lowest BCUT2D eigenvalue weighted by atomic mass is 10.3. The van der Waals surface area contributed by atoms with Gasteiger partial charge in [-0.05, 0) is 19.1 Å². The van der Waals surface area contributed by atoms with Crippen LogP contribution in [0.25, 0.3) is 17.2 Å². The Balaban J connectivity index is 2.02. The number of aromatic nitrogens is 1. The normalized spacial score (nSPS) is 13.0. The second-order valence-corrected chi connectivity index (χ2v) is 3.95. The zero-order valence-corrected chi connectivity index (χ0v) is 9.96. The Morgan fingerprint density at radius 1 is 1.56 bits per heavy atom. The molecule has 0 aliphatic rings. The fourth-order valence-electron chi connectivity index (χ4n) is 1.42. The van der Waals surface area contributed by atoms with Crippen molar-refractivity contribution < 1.29 is 14.3 Å². The van der Waals surface area contributed by atoms with Gasteiger partial charge in [-0.15, -0.1) is 0 Å². The van der Waals surface area contributed by atoms with Gasteiger partial charge < -0.3 is 14.8 Å². The van der Waals surface area contributed by atoms with Gasteiger partial charge in [-0.2, -0.15) is 0 Å². The van der Waals surface area contributed by atoms with Crippen molar-refractivity contribution in [2.24, 2.45) is 0 Å². The minimum atomic E-state index is -0.563. The van der Waals surface area contributed by atoms with Gasteiger partial charge in [-0.25, -0.2) is 4.98 Å². The first-order valence-electron chi connectivity index (χ1n) is 5.64. The molecule has 0 unspecified atom stereocenters. The Morgan fingerprint density at radius 2 is 2.33 bits per heavy atom. The summed E-state index contributed by atoms with van der Waals surface area (Å²) in [6.07, 6.45) is 2.26. The van der Waals surface area contributed by atoms with Crippen molar-refractivity contribution in [3.05, 3.63) is 36.2 Å². The summed E-state index contributed by atoms with van der Waals surface area (Å²) in [5.41, 5.74) is 1.43. The molecule has 5 heteroatoms. The molecule has 0 saturated heterocycles. The highest BCUT2D eigenvalue weighted by atomic mass is 16.3. The van der Waals surface area contributed by atoms with Crippen LogP contribution in [0.4, 0.5) is 0 Å². The summed E-state index contributed by atoms with van der Waals surface area (Å²) >= 11 is 0. The van der Waals surface area contributed by atoms with E-state index in [0.29, 0.717) is 11.5 Å². The topological polar surface area (TPSA) is 75.4 Å². The number of benzene rings is 1. The SMILES string of the molecule is C[C@H](O)CNC(=O)/C=C/c1nc2ccccc2o1. The van der Waals surface area contributed by atoms with Crippen molar-refractivity contribution in [1.29, 1.82) is 0 Å². The van der Waals surface area contributed by atoms with E-state index in [1.54, 1.807) is 6.92 Å². The van der Waals surface area contributed by atoms with E-state index in [2.05, 4.69) is 10.3 Å². The monoisotopic (exact) mass is 246 g/mol. The van der Waals surface area contributed by atoms with Crippen molar-refractivity contribution in [3.63, 3.8) is 0 Å². The predicted octanol–water partition coefficient (Wildman–Crippen LogP) is 1.34. The predicted molar refractivity (Wildman–Crippen MR) is 67.7 cm³/mol. The molecular weight excluding hydrogens is 232 g/mol. The third-order valence-electron chi connectivity index (χ3n) is 2.26. The fraction of sp³-hybridized carbons (Fsp3) is 0.231. The molecule has 0 spiro atoms. The number of hydrogen-bond acceptors (Lipinski definition) is 4. The van der Waals surface area contributed by atoms with Crippen LogP contribution in [0.1, 0.15) is 12.8 Å². The summed E-state index contributed by atoms with van der Waals surface area (Å²) in [4.78, 5) is 15.6. The van der Waals surface area contributed by atoms with Crippen LogP contribution in [0.5, 0.6) is 0 Å². The number of nitrogens with zero attached hydrogens (tertiary/aromatic N) is 1. The molecule has 0 aliphatic heterocycles. The molecule has 1 atom stereocenters. The number of carbonyl (C=O) groups is 1. The molecular formula is C13H14N2O3. The molecule has 0 radical (unpaired) electrons. The number of nitrogens with one attached hydrogen (secondary N) is 1. The first kappa shape index (κ1) is 12.3. The van der Waals surface area contributed by atoms with E-state index in [1.165, 1.54) is 12.2 Å². The number of carbonyl (C=O) groups excluding carboxylic acids is 1. The van der Waals surface area contributed by atoms with Crippen molar-refractivity contribution in [2.45, 2.75) is 13.0 Å². The molecule has 1 aromatic carbocycles. The van der Waals surface area contributed by atoms with Gasteiger partial charge in [0, 0.05) is 18.7 Å². The Kier molecular flexibility index (Phi) is 3.74. The minimum Gasteiger partial charge on any atom is -0.437 e. The van der Waals surface area contributed by atoms with E-state index < -0.39 is 6.10 Å². The Bertz CT molecular complexity index is 539. The first-order chi connectivity index (χ1) is 8.65. The van der Waals surface area contributed by atoms with Crippen LogP contribution < -0.4 is 5.32 Å². The van der Waals surface area contributed by atoms with Gasteiger partial charge in [-0.1, -0.05) is 12.1 Å². The highest BCUT2D eigenvalue weighted by Crippen LogP contribution is 2.15. The van der Waals surface area contributed by atoms with Crippen LogP contribution in [0.15, 0.2) is 34.8 Å². The Morgan fingerprint density at radius 3 is 3.06 bits per heavy atom. The number of oxazole rings is 1. The van der Waals surface area contributed by atoms with Crippen molar-refractivity contribution >= 4 is 23.1 Å². The fourth-order valence-corrected chi connectivity index (χ4v) is 1.42. The molecule has 2 rings (SSSR count). The number of aliphatic hydroxyl groups is 1. The maximum absolute atomic E-state index is 11.4. The van der Waals surface area contributed by atoms with Gasteiger partial charge in [0.15, 0.2) is 5.58 Å². The van der Waals surface area contributed by atoms with Gasteiger partial charge in [0.1, 0.15) is 5.52 Å². The van der Waals surface area contributed by atoms with Crippen molar-refractivity contribution in [2.75, 3.05) is 6.54 Å². The molecule has 1 amide bonds. The number of fused-ring (bicyclic) bond motifs is 1. The second kappa shape index (κ2) is 5.46. The summed E-state index contributed by atoms with van der Waals surface area (Å²) < 4.78 is 5.42. The summed E-state index contributed by atoms with van der Waals surface area (Å²) in [5, 5.41) is 11.6. The largest absolute Gasteiger partial charge is 0.437 e. The van der Waals surface area contributed by atoms with Crippen molar-refractivity contribution in [3.8, 4) is 0 Å². The van der Waals surface area contributed by atoms with Crippen LogP contribution in [0.3, 0.4) is 0 Å². The number of para-hydroxylation sites is 2. The lowest BCUT2D eigenvalue weighted by molar-refractivity contribution is -0.116. The van der Waals surface area contributed by atoms with Gasteiger partial charge >= 0.3 is 0 Å². The summed E-state index contributed by atoms with van der Waals surface area (Å²) in [7, 11) is 0. The van der Waals surface area contributed by atoms with Crippen LogP contribution >= 0.6 is 0 Å². The van der Waals surface area contributed by atoms with E-state index >= 15 is 0 Å². The summed E-state index contributed by atoms with van der Waals surface area (Å²) in [6, 6.07) is 7.38. The zero-order chi connectivity index (χ0) is 13.0. The second-order valence-electron chi connectivity index (χ2n) is 3.95. The number of hydrogen-bond donors (Lipinski definition) is 2. The number of rotatable bonds is 4. The van der Waals surface area contributed by atoms with Gasteiger partial charge in [-0.3, -0.25) is 4.79 Å². The smallest absolute Gasteiger partial charge is 0.244 e. The lowest BCUT2D eigenvalue weighted by Crippen LogP contribution is -2.28. The minimum absolute atomic E-state index is 0.219. The van der Waals surface area contributed by atoms with Crippen LogP contribution in [0, 0.1) is 0 Å². The molecule has 0 bridgehead atoms. The van der Waals surface area contributed by atoms with E-state index in [0.717, 1.165) is 5.52 Å². The highest BCUT2D eigenvalue weighted by molar-refractivity contribution is 5.91. The first-order valence-corrected chi connectivity index (χ1v) is 5.64. The third kappa shape index (κ3) is 3.18. The van der Waals surface area contributed by atoms with E-state index in [9.17, 15) is 4.79 Å². The standard InChI is InChI=1S/C13H14N2O3/c1-9(16)8-14-12(17)6-7-13-15-10-4-2-3-5-11(10)18-13/h2-7,9,16H,8H2,1H3,(H,14,17)/b7-6+/t9-/m0/s1. The van der Waals surface area contributed by atoms with E-state index in [-0.39, 0.29) is 12.5 Å². The molecule has 2 aromatic rings. The lowest BCUT2D eigenvalue weighted by Gasteiger charge is -2.03. The molecule has 5 nitrogen and oxygen atoms in total. The molecule has 0 fully saturated rings. The number of amides is 1. The maximum Gasteiger partial charge on any atom is 0.244 e. The van der Waals surface area contributed by atoms with E-state index in [1.807, 2.05) is 24.3 Å². The van der Waals surface area contributed by atoms with E-state index in [4.69, 9.17) is 9.52 Å². The molecule has 1 heterocycles. The quantitative estimate of drug-likeness (QED) is 0.798. The average molecular weight is 246 g/mol. The van der Waals surface area contributed by atoms with Gasteiger partial charge in [0.2, 0.25) is 11.8 Å². The molecule has 2 N–H and O–H groups in total. The molecule has 18 heavy (non-hydrogen) atoms. The van der Waals surface area contributed by atoms with Crippen molar-refractivity contribution in [1.82, 2.24) is 10.3 Å². The Labute approximate surface area is 104 Å². The van der Waals surface area contributed by atoms with Crippen LogP contribution in [0.2, 0.25) is 0 Å². The zero-order valence-electron chi connectivity index (χ0n) is 9.96. The van der Waals surface area contributed by atoms with Crippen LogP contribution in [-0.2, 0) is 4.79 Å². The molecule has 0 aliphatic carbocycles. The van der Waals surface area contributed by atoms with Gasteiger partial charge in [0.25, 0.3) is 0 Å². The highest BCUT2D eigenvalue weighted by Gasteiger charge is 2.02.